The number of hydrogen-bond acceptors (Lipinski definition) is 4. The lowest BCUT2D eigenvalue weighted by molar-refractivity contribution is 0.411. The molecule has 210 valence electrons. The maximum absolute atomic E-state index is 14.1. The van der Waals surface area contributed by atoms with Crippen molar-refractivity contribution in [2.45, 2.75) is 52.0 Å². The third kappa shape index (κ3) is 6.32. The van der Waals surface area contributed by atoms with E-state index in [2.05, 4.69) is 25.5 Å². The summed E-state index contributed by atoms with van der Waals surface area (Å²) in [6.45, 7) is 10.1. The predicted octanol–water partition coefficient (Wildman–Crippen LogP) is 6.99. The van der Waals surface area contributed by atoms with Gasteiger partial charge in [0.2, 0.25) is 10.0 Å². The van der Waals surface area contributed by atoms with E-state index >= 15 is 0 Å². The van der Waals surface area contributed by atoms with E-state index in [4.69, 9.17) is 4.98 Å². The average Bonchev–Trinajstić information content (AvgIpc) is 2.93. The first-order valence-corrected chi connectivity index (χ1v) is 15.2. The number of sulfonamides is 1. The van der Waals surface area contributed by atoms with Gasteiger partial charge in [-0.1, -0.05) is 87.0 Å². The van der Waals surface area contributed by atoms with Crippen molar-refractivity contribution >= 4 is 20.9 Å². The molecule has 6 nitrogen and oxygen atoms in total. The molecule has 0 aliphatic rings. The molecule has 0 saturated heterocycles. The molecule has 1 N–H and O–H groups in total. The van der Waals surface area contributed by atoms with Gasteiger partial charge in [-0.15, -0.1) is 0 Å². The number of nitrogens with zero attached hydrogens (tertiary/aromatic N) is 2. The highest BCUT2D eigenvalue weighted by Gasteiger charge is 2.24. The summed E-state index contributed by atoms with van der Waals surface area (Å²) < 4.78 is 31.1. The third-order valence-electron chi connectivity index (χ3n) is 6.98. The second-order valence-corrected chi connectivity index (χ2v) is 13.5. The van der Waals surface area contributed by atoms with Crippen LogP contribution < -0.4 is 10.3 Å². The summed E-state index contributed by atoms with van der Waals surface area (Å²) in [5, 5.41) is 0.458. The van der Waals surface area contributed by atoms with E-state index in [1.165, 1.54) is 4.57 Å². The monoisotopic (exact) mass is 565 g/mol. The fraction of sp³-hybridized carbons (Fsp3) is 0.235. The topological polar surface area (TPSA) is 81.1 Å². The SMILES string of the molecule is Cc1ccc(-n2c(C(C)NS(=O)(=O)c3ccc(CC(C)(C)C)cc3)nc3ccc(-c4ccccc4)cc3c2=O)cc1. The van der Waals surface area contributed by atoms with Gasteiger partial charge < -0.3 is 0 Å². The van der Waals surface area contributed by atoms with Crippen LogP contribution in [0.25, 0.3) is 27.7 Å². The molecular formula is C34H35N3O3S. The zero-order chi connectivity index (χ0) is 29.4. The Morgan fingerprint density at radius 2 is 1.51 bits per heavy atom. The maximum Gasteiger partial charge on any atom is 0.266 e. The smallest absolute Gasteiger partial charge is 0.266 e. The number of fused-ring (bicyclic) bond motifs is 1. The van der Waals surface area contributed by atoms with Crippen LogP contribution in [0.1, 0.15) is 50.7 Å². The largest absolute Gasteiger partial charge is 0.268 e. The number of nitrogens with one attached hydrogen (secondary N) is 1. The van der Waals surface area contributed by atoms with Crippen molar-refractivity contribution in [2.24, 2.45) is 5.41 Å². The van der Waals surface area contributed by atoms with Crippen molar-refractivity contribution in [1.82, 2.24) is 14.3 Å². The van der Waals surface area contributed by atoms with E-state index < -0.39 is 16.1 Å². The van der Waals surface area contributed by atoms with Crippen molar-refractivity contribution in [3.8, 4) is 16.8 Å². The van der Waals surface area contributed by atoms with Gasteiger partial charge in [0.25, 0.3) is 5.56 Å². The number of aromatic nitrogens is 2. The number of benzene rings is 4. The molecule has 4 aromatic carbocycles. The number of rotatable bonds is 7. The Kier molecular flexibility index (Phi) is 7.68. The molecule has 0 fully saturated rings. The first-order valence-electron chi connectivity index (χ1n) is 13.7. The van der Waals surface area contributed by atoms with Crippen LogP contribution >= 0.6 is 0 Å². The van der Waals surface area contributed by atoms with Crippen molar-refractivity contribution < 1.29 is 8.42 Å². The Hall–Kier alpha value is -4.07. The Bertz CT molecular complexity index is 1850. The first-order chi connectivity index (χ1) is 19.4. The van der Waals surface area contributed by atoms with Crippen LogP contribution in [-0.4, -0.2) is 18.0 Å². The molecule has 1 aromatic heterocycles. The minimum absolute atomic E-state index is 0.0937. The predicted molar refractivity (Wildman–Crippen MR) is 166 cm³/mol. The zero-order valence-corrected chi connectivity index (χ0v) is 24.9. The van der Waals surface area contributed by atoms with E-state index in [1.54, 1.807) is 19.1 Å². The average molecular weight is 566 g/mol. The van der Waals surface area contributed by atoms with Crippen LogP contribution in [0, 0.1) is 12.3 Å². The molecule has 1 atom stereocenters. The molecule has 5 aromatic rings. The van der Waals surface area contributed by atoms with Crippen molar-refractivity contribution in [3.63, 3.8) is 0 Å². The van der Waals surface area contributed by atoms with Crippen LogP contribution in [0.3, 0.4) is 0 Å². The van der Waals surface area contributed by atoms with Crippen LogP contribution in [0.2, 0.25) is 0 Å². The molecule has 5 rings (SSSR count). The summed E-state index contributed by atoms with van der Waals surface area (Å²) in [6, 6.07) is 29.2. The lowest BCUT2D eigenvalue weighted by Gasteiger charge is -2.21. The van der Waals surface area contributed by atoms with Gasteiger partial charge in [0.05, 0.1) is 27.5 Å². The molecular weight excluding hydrogens is 530 g/mol. The van der Waals surface area contributed by atoms with Gasteiger partial charge in [0.15, 0.2) is 0 Å². The summed E-state index contributed by atoms with van der Waals surface area (Å²) in [6.07, 6.45) is 0.840. The molecule has 1 heterocycles. The molecule has 0 amide bonds. The van der Waals surface area contributed by atoms with Gasteiger partial charge in [-0.3, -0.25) is 9.36 Å². The number of aryl methyl sites for hydroxylation is 1. The van der Waals surface area contributed by atoms with Gasteiger partial charge in [-0.2, -0.15) is 0 Å². The van der Waals surface area contributed by atoms with Crippen molar-refractivity contribution in [3.05, 3.63) is 124 Å². The van der Waals surface area contributed by atoms with E-state index in [9.17, 15) is 13.2 Å². The van der Waals surface area contributed by atoms with E-state index in [-0.39, 0.29) is 15.9 Å². The van der Waals surface area contributed by atoms with Crippen molar-refractivity contribution in [1.29, 1.82) is 0 Å². The molecule has 1 unspecified atom stereocenters. The number of hydrogen-bond donors (Lipinski definition) is 1. The first kappa shape index (κ1) is 28.5. The molecule has 0 spiro atoms. The Morgan fingerprint density at radius 1 is 0.854 bits per heavy atom. The van der Waals surface area contributed by atoms with Crippen LogP contribution in [0.5, 0.6) is 0 Å². The standard InChI is InChI=1S/C34H35N3O3S/c1-23-11-16-28(17-12-23)37-32(24(2)36-41(39,40)29-18-13-25(14-19-29)22-34(3,4)5)35-31-20-15-27(21-30(31)33(37)38)26-9-7-6-8-10-26/h6-21,24,36H,22H2,1-5H3. The lowest BCUT2D eigenvalue weighted by atomic mass is 9.88. The Labute approximate surface area is 241 Å². The third-order valence-corrected chi connectivity index (χ3v) is 8.54. The second kappa shape index (κ2) is 11.1. The molecule has 0 aliphatic heterocycles. The quantitative estimate of drug-likeness (QED) is 0.231. The summed E-state index contributed by atoms with van der Waals surface area (Å²) in [7, 11) is -3.89. The van der Waals surface area contributed by atoms with Gasteiger partial charge in [-0.05, 0) is 78.8 Å². The minimum Gasteiger partial charge on any atom is -0.268 e. The van der Waals surface area contributed by atoms with Gasteiger partial charge in [0.1, 0.15) is 5.82 Å². The molecule has 0 saturated carbocycles. The fourth-order valence-electron chi connectivity index (χ4n) is 5.00. The van der Waals surface area contributed by atoms with E-state index in [0.717, 1.165) is 28.7 Å². The normalized spacial score (nSPS) is 12.9. The Balaban J connectivity index is 1.57. The maximum atomic E-state index is 14.1. The fourth-order valence-corrected chi connectivity index (χ4v) is 6.20. The van der Waals surface area contributed by atoms with E-state index in [1.807, 2.05) is 91.9 Å². The van der Waals surface area contributed by atoms with Crippen LogP contribution in [-0.2, 0) is 16.4 Å². The van der Waals surface area contributed by atoms with Gasteiger partial charge in [0, 0.05) is 0 Å². The zero-order valence-electron chi connectivity index (χ0n) is 24.0. The van der Waals surface area contributed by atoms with Crippen molar-refractivity contribution in [2.75, 3.05) is 0 Å². The molecule has 41 heavy (non-hydrogen) atoms. The minimum atomic E-state index is -3.89. The highest BCUT2D eigenvalue weighted by Crippen LogP contribution is 2.26. The lowest BCUT2D eigenvalue weighted by Crippen LogP contribution is -2.33. The second-order valence-electron chi connectivity index (χ2n) is 11.8. The summed E-state index contributed by atoms with van der Waals surface area (Å²) in [5.74, 6) is 0.312. The molecule has 0 aliphatic carbocycles. The van der Waals surface area contributed by atoms with Crippen LogP contribution in [0.4, 0.5) is 0 Å². The summed E-state index contributed by atoms with van der Waals surface area (Å²) in [4.78, 5) is 19.1. The molecule has 0 radical (unpaired) electrons. The molecule has 0 bridgehead atoms. The van der Waals surface area contributed by atoms with Gasteiger partial charge >= 0.3 is 0 Å². The van der Waals surface area contributed by atoms with Gasteiger partial charge in [-0.25, -0.2) is 18.1 Å². The highest BCUT2D eigenvalue weighted by molar-refractivity contribution is 7.89. The summed E-state index contributed by atoms with van der Waals surface area (Å²) >= 11 is 0. The van der Waals surface area contributed by atoms with Crippen LogP contribution in [0.15, 0.2) is 107 Å². The molecule has 7 heteroatoms. The summed E-state index contributed by atoms with van der Waals surface area (Å²) in [5.41, 5.74) is 4.98. The van der Waals surface area contributed by atoms with E-state index in [0.29, 0.717) is 22.4 Å². The highest BCUT2D eigenvalue weighted by atomic mass is 32.2. The Morgan fingerprint density at radius 3 is 2.15 bits per heavy atom.